The number of aliphatic hydroxyl groups is 1. The third kappa shape index (κ3) is 3.97. The first-order valence-electron chi connectivity index (χ1n) is 10.7. The van der Waals surface area contributed by atoms with Crippen molar-refractivity contribution in [3.8, 4) is 10.6 Å². The number of hydrogen-bond acceptors (Lipinski definition) is 8. The van der Waals surface area contributed by atoms with Crippen molar-refractivity contribution in [3.63, 3.8) is 0 Å². The molecule has 2 fully saturated rings. The number of aromatic nitrogens is 2. The molecule has 3 aromatic rings. The summed E-state index contributed by atoms with van der Waals surface area (Å²) >= 11 is 1.31. The standard InChI is InChI=1S/C21H21F3N4O5S/c22-21(23,24)17(32-7-6-29)13-3-4-14(18-25-5-8-34-18)16-15(13)26-19(33-16)27-9-11-1-2-12(10-27)28(11)20(30)31/h3-5,8,11-12,17,29H,1-2,6-7,9-10H2,(H,30,31). The molecular formula is C21H21F3N4O5S. The van der Waals surface area contributed by atoms with Crippen molar-refractivity contribution in [2.24, 2.45) is 0 Å². The lowest BCUT2D eigenvalue weighted by atomic mass is 10.0. The van der Waals surface area contributed by atoms with E-state index in [1.165, 1.54) is 28.4 Å². The highest BCUT2D eigenvalue weighted by atomic mass is 32.1. The van der Waals surface area contributed by atoms with E-state index in [2.05, 4.69) is 9.97 Å². The molecule has 1 amide bonds. The van der Waals surface area contributed by atoms with Gasteiger partial charge in [-0.05, 0) is 18.9 Å². The molecule has 0 saturated carbocycles. The number of halogens is 3. The van der Waals surface area contributed by atoms with E-state index in [4.69, 9.17) is 14.3 Å². The number of benzene rings is 1. The van der Waals surface area contributed by atoms with Crippen molar-refractivity contribution in [2.75, 3.05) is 31.2 Å². The summed E-state index contributed by atoms with van der Waals surface area (Å²) in [5.74, 6) is 0. The molecule has 3 unspecified atom stereocenters. The van der Waals surface area contributed by atoms with Crippen molar-refractivity contribution >= 4 is 34.5 Å². The van der Waals surface area contributed by atoms with E-state index in [1.807, 2.05) is 0 Å². The summed E-state index contributed by atoms with van der Waals surface area (Å²) < 4.78 is 52.6. The van der Waals surface area contributed by atoms with Crippen molar-refractivity contribution in [2.45, 2.75) is 37.2 Å². The zero-order valence-corrected chi connectivity index (χ0v) is 18.6. The lowest BCUT2D eigenvalue weighted by molar-refractivity contribution is -0.225. The number of carboxylic acid groups (broad SMARTS) is 1. The number of fused-ring (bicyclic) bond motifs is 3. The fourth-order valence-electron chi connectivity index (χ4n) is 4.79. The van der Waals surface area contributed by atoms with E-state index in [-0.39, 0.29) is 34.8 Å². The second-order valence-electron chi connectivity index (χ2n) is 8.21. The molecule has 182 valence electrons. The van der Waals surface area contributed by atoms with Crippen LogP contribution in [0, 0.1) is 0 Å². The van der Waals surface area contributed by atoms with E-state index < -0.39 is 31.6 Å². The van der Waals surface area contributed by atoms with Crippen LogP contribution in [-0.4, -0.2) is 75.7 Å². The zero-order valence-electron chi connectivity index (χ0n) is 17.7. The maximum absolute atomic E-state index is 13.9. The third-order valence-electron chi connectivity index (χ3n) is 6.16. The third-order valence-corrected chi connectivity index (χ3v) is 6.96. The largest absolute Gasteiger partial charge is 0.465 e. The van der Waals surface area contributed by atoms with Gasteiger partial charge in [-0.2, -0.15) is 18.2 Å². The van der Waals surface area contributed by atoms with Gasteiger partial charge in [-0.25, -0.2) is 9.78 Å². The zero-order chi connectivity index (χ0) is 24.0. The molecule has 2 saturated heterocycles. The maximum atomic E-state index is 13.9. The molecule has 5 rings (SSSR count). The summed E-state index contributed by atoms with van der Waals surface area (Å²) in [6, 6.07) is 2.45. The Labute approximate surface area is 195 Å². The first-order chi connectivity index (χ1) is 16.3. The SMILES string of the molecule is O=C(O)N1C2CCC1CN(c1nc3c(C(OCCO)C(F)(F)F)ccc(-c4nccs4)c3o1)C2. The smallest absolute Gasteiger partial charge is 0.418 e. The predicted octanol–water partition coefficient (Wildman–Crippen LogP) is 3.89. The normalized spacial score (nSPS) is 21.4. The molecule has 34 heavy (non-hydrogen) atoms. The summed E-state index contributed by atoms with van der Waals surface area (Å²) in [6.45, 7) is -0.388. The Balaban J connectivity index is 1.59. The number of hydrogen-bond donors (Lipinski definition) is 2. The number of oxazole rings is 1. The average molecular weight is 498 g/mol. The van der Waals surface area contributed by atoms with E-state index in [0.717, 1.165) is 0 Å². The van der Waals surface area contributed by atoms with Crippen LogP contribution in [0.2, 0.25) is 0 Å². The molecule has 9 nitrogen and oxygen atoms in total. The number of aliphatic hydroxyl groups excluding tert-OH is 1. The van der Waals surface area contributed by atoms with Gasteiger partial charge in [0.1, 0.15) is 10.5 Å². The quantitative estimate of drug-likeness (QED) is 0.527. The van der Waals surface area contributed by atoms with Crippen LogP contribution in [0.1, 0.15) is 24.5 Å². The molecule has 2 bridgehead atoms. The summed E-state index contributed by atoms with van der Waals surface area (Å²) in [4.78, 5) is 23.5. The summed E-state index contributed by atoms with van der Waals surface area (Å²) in [5, 5.41) is 20.8. The summed E-state index contributed by atoms with van der Waals surface area (Å²) in [7, 11) is 0. The molecule has 0 aliphatic carbocycles. The van der Waals surface area contributed by atoms with Crippen LogP contribution in [0.4, 0.5) is 24.0 Å². The summed E-state index contributed by atoms with van der Waals surface area (Å²) in [5.41, 5.74) is 0.425. The highest BCUT2D eigenvalue weighted by molar-refractivity contribution is 7.13. The number of thiazole rings is 1. The second kappa shape index (κ2) is 8.71. The van der Waals surface area contributed by atoms with Gasteiger partial charge in [0.05, 0.1) is 30.9 Å². The highest BCUT2D eigenvalue weighted by Gasteiger charge is 2.45. The minimum absolute atomic E-state index is 0.00373. The van der Waals surface area contributed by atoms with Crippen LogP contribution < -0.4 is 4.90 Å². The topological polar surface area (TPSA) is 112 Å². The average Bonchev–Trinajstić information content (AvgIpc) is 3.51. The van der Waals surface area contributed by atoms with Crippen LogP contribution >= 0.6 is 11.3 Å². The van der Waals surface area contributed by atoms with E-state index in [1.54, 1.807) is 16.5 Å². The lowest BCUT2D eigenvalue weighted by Crippen LogP contribution is -2.55. The van der Waals surface area contributed by atoms with Crippen molar-refractivity contribution in [3.05, 3.63) is 29.3 Å². The molecule has 2 aliphatic heterocycles. The molecule has 2 N–H and O–H groups in total. The van der Waals surface area contributed by atoms with Gasteiger partial charge in [0.15, 0.2) is 11.7 Å². The van der Waals surface area contributed by atoms with Gasteiger partial charge in [0.2, 0.25) is 0 Å². The maximum Gasteiger partial charge on any atom is 0.418 e. The number of carbonyl (C=O) groups is 1. The van der Waals surface area contributed by atoms with Crippen LogP contribution in [0.25, 0.3) is 21.7 Å². The minimum Gasteiger partial charge on any atom is -0.465 e. The molecule has 13 heteroatoms. The van der Waals surface area contributed by atoms with E-state index in [9.17, 15) is 23.1 Å². The molecule has 0 radical (unpaired) electrons. The van der Waals surface area contributed by atoms with Crippen molar-refractivity contribution in [1.29, 1.82) is 0 Å². The van der Waals surface area contributed by atoms with Crippen molar-refractivity contribution in [1.82, 2.24) is 14.9 Å². The lowest BCUT2D eigenvalue weighted by Gasteiger charge is -2.38. The van der Waals surface area contributed by atoms with Crippen LogP contribution in [0.15, 0.2) is 28.1 Å². The van der Waals surface area contributed by atoms with Crippen LogP contribution in [0.3, 0.4) is 0 Å². The number of alkyl halides is 3. The first-order valence-corrected chi connectivity index (χ1v) is 11.5. The minimum atomic E-state index is -4.74. The fraction of sp³-hybridized carbons (Fsp3) is 0.476. The van der Waals surface area contributed by atoms with Gasteiger partial charge in [-0.3, -0.25) is 4.90 Å². The number of nitrogens with zero attached hydrogens (tertiary/aromatic N) is 4. The van der Waals surface area contributed by atoms with Crippen molar-refractivity contribution < 1.29 is 37.3 Å². The Morgan fingerprint density at radius 3 is 2.62 bits per heavy atom. The number of amides is 1. The highest BCUT2D eigenvalue weighted by Crippen LogP contribution is 2.43. The van der Waals surface area contributed by atoms with Gasteiger partial charge < -0.3 is 24.3 Å². The van der Waals surface area contributed by atoms with Gasteiger partial charge in [0.25, 0.3) is 6.01 Å². The molecular weight excluding hydrogens is 477 g/mol. The van der Waals surface area contributed by atoms with Crippen LogP contribution in [0.5, 0.6) is 0 Å². The van der Waals surface area contributed by atoms with Gasteiger partial charge in [0, 0.05) is 30.2 Å². The van der Waals surface area contributed by atoms with Crippen LogP contribution in [-0.2, 0) is 4.74 Å². The molecule has 4 heterocycles. The Morgan fingerprint density at radius 2 is 2.03 bits per heavy atom. The number of rotatable bonds is 6. The summed E-state index contributed by atoms with van der Waals surface area (Å²) in [6.07, 6.45) is -5.03. The van der Waals surface area contributed by atoms with E-state index >= 15 is 0 Å². The number of piperazine rings is 1. The fourth-order valence-corrected chi connectivity index (χ4v) is 5.45. The number of anilines is 1. The molecule has 1 aromatic carbocycles. The monoisotopic (exact) mass is 498 g/mol. The second-order valence-corrected chi connectivity index (χ2v) is 9.10. The Morgan fingerprint density at radius 1 is 1.29 bits per heavy atom. The van der Waals surface area contributed by atoms with E-state index in [0.29, 0.717) is 36.5 Å². The Hall–Kier alpha value is -2.90. The van der Waals surface area contributed by atoms with Gasteiger partial charge in [-0.15, -0.1) is 11.3 Å². The number of ether oxygens (including phenoxy) is 1. The van der Waals surface area contributed by atoms with Gasteiger partial charge in [-0.1, -0.05) is 6.07 Å². The molecule has 0 spiro atoms. The Bertz CT molecular complexity index is 1170. The Kier molecular flexibility index (Phi) is 5.86. The first kappa shape index (κ1) is 22.9. The molecule has 2 aromatic heterocycles. The molecule has 2 aliphatic rings. The predicted molar refractivity (Wildman–Crippen MR) is 116 cm³/mol. The molecule has 3 atom stereocenters. The van der Waals surface area contributed by atoms with Gasteiger partial charge >= 0.3 is 12.3 Å².